The van der Waals surface area contributed by atoms with Crippen molar-refractivity contribution in [2.24, 2.45) is 0 Å². The lowest BCUT2D eigenvalue weighted by molar-refractivity contribution is -0.132. The molecule has 0 radical (unpaired) electrons. The van der Waals surface area contributed by atoms with Crippen LogP contribution in [-0.2, 0) is 9.53 Å². The van der Waals surface area contributed by atoms with Crippen molar-refractivity contribution in [1.29, 1.82) is 0 Å². The number of methoxy groups -OCH3 is 1. The summed E-state index contributed by atoms with van der Waals surface area (Å²) in [5.41, 5.74) is 0.128. The van der Waals surface area contributed by atoms with Crippen molar-refractivity contribution in [2.75, 3.05) is 7.11 Å². The molecule has 90 valence electrons. The smallest absolute Gasteiger partial charge is 0.254 e. The number of terminal acetylenes is 1. The summed E-state index contributed by atoms with van der Waals surface area (Å²) in [5, 5.41) is 2.76. The molecule has 1 N–H and O–H groups in total. The van der Waals surface area contributed by atoms with E-state index in [1.54, 1.807) is 13.8 Å². The van der Waals surface area contributed by atoms with Gasteiger partial charge in [0.15, 0.2) is 6.10 Å². The van der Waals surface area contributed by atoms with Crippen LogP contribution >= 0.6 is 0 Å². The van der Waals surface area contributed by atoms with Gasteiger partial charge in [0, 0.05) is 7.11 Å². The summed E-state index contributed by atoms with van der Waals surface area (Å²) < 4.78 is 5.21. The normalized spacial score (nSPS) is 12.6. The molecule has 17 heavy (non-hydrogen) atoms. The number of rotatable bonds is 4. The van der Waals surface area contributed by atoms with Crippen molar-refractivity contribution in [2.45, 2.75) is 25.5 Å². The quantitative estimate of drug-likeness (QED) is 0.804. The monoisotopic (exact) mass is 231 g/mol. The zero-order valence-electron chi connectivity index (χ0n) is 10.4. The van der Waals surface area contributed by atoms with E-state index in [4.69, 9.17) is 11.2 Å². The summed E-state index contributed by atoms with van der Waals surface area (Å²) >= 11 is 0. The van der Waals surface area contributed by atoms with Crippen LogP contribution in [0.25, 0.3) is 0 Å². The molecule has 1 aromatic rings. The summed E-state index contributed by atoms with van der Waals surface area (Å²) in [6.45, 7) is 3.53. The number of carbonyl (C=O) groups is 1. The second-order valence-corrected chi connectivity index (χ2v) is 4.29. The number of benzene rings is 1. The molecule has 3 heteroatoms. The molecule has 1 rings (SSSR count). The standard InChI is InChI=1S/C14H17NO2/c1-5-14(2,3)15-13(16)12(17-4)11-9-7-6-8-10-11/h1,6-10,12H,2-4H3,(H,15,16). The van der Waals surface area contributed by atoms with Gasteiger partial charge in [0.2, 0.25) is 0 Å². The van der Waals surface area contributed by atoms with Crippen LogP contribution in [0.4, 0.5) is 0 Å². The highest BCUT2D eigenvalue weighted by Crippen LogP contribution is 2.17. The summed E-state index contributed by atoms with van der Waals surface area (Å²) in [5.74, 6) is 2.28. The zero-order chi connectivity index (χ0) is 12.9. The molecule has 1 unspecified atom stereocenters. The molecule has 0 spiro atoms. The summed E-state index contributed by atoms with van der Waals surface area (Å²) in [6, 6.07) is 9.30. The molecular weight excluding hydrogens is 214 g/mol. The van der Waals surface area contributed by atoms with E-state index in [0.717, 1.165) is 5.56 Å². The van der Waals surface area contributed by atoms with Crippen molar-refractivity contribution in [3.8, 4) is 12.3 Å². The van der Waals surface area contributed by atoms with Gasteiger partial charge in [0.05, 0.1) is 5.54 Å². The Balaban J connectivity index is 2.83. The Labute approximate surface area is 102 Å². The Bertz CT molecular complexity index is 418. The van der Waals surface area contributed by atoms with Crippen molar-refractivity contribution >= 4 is 5.91 Å². The van der Waals surface area contributed by atoms with E-state index in [2.05, 4.69) is 11.2 Å². The molecule has 0 fully saturated rings. The molecule has 0 bridgehead atoms. The van der Waals surface area contributed by atoms with Crippen LogP contribution in [0.15, 0.2) is 30.3 Å². The molecule has 0 aliphatic rings. The molecule has 0 aliphatic carbocycles. The Morgan fingerprint density at radius 3 is 2.47 bits per heavy atom. The van der Waals surface area contributed by atoms with Gasteiger partial charge in [-0.25, -0.2) is 0 Å². The van der Waals surface area contributed by atoms with Gasteiger partial charge in [-0.1, -0.05) is 36.3 Å². The average molecular weight is 231 g/mol. The lowest BCUT2D eigenvalue weighted by Crippen LogP contribution is -2.44. The maximum Gasteiger partial charge on any atom is 0.254 e. The van der Waals surface area contributed by atoms with E-state index >= 15 is 0 Å². The SMILES string of the molecule is C#CC(C)(C)NC(=O)C(OC)c1ccccc1. The van der Waals surface area contributed by atoms with E-state index in [-0.39, 0.29) is 5.91 Å². The number of carbonyl (C=O) groups excluding carboxylic acids is 1. The minimum Gasteiger partial charge on any atom is -0.367 e. The Morgan fingerprint density at radius 2 is 2.00 bits per heavy atom. The highest BCUT2D eigenvalue weighted by molar-refractivity contribution is 5.83. The lowest BCUT2D eigenvalue weighted by atomic mass is 10.0. The van der Waals surface area contributed by atoms with E-state index < -0.39 is 11.6 Å². The molecule has 1 atom stereocenters. The van der Waals surface area contributed by atoms with Crippen LogP contribution in [0.3, 0.4) is 0 Å². The van der Waals surface area contributed by atoms with Gasteiger partial charge in [0.25, 0.3) is 5.91 Å². The molecule has 0 aliphatic heterocycles. The fourth-order valence-electron chi connectivity index (χ4n) is 1.43. The first kappa shape index (κ1) is 13.3. The highest BCUT2D eigenvalue weighted by Gasteiger charge is 2.25. The topological polar surface area (TPSA) is 38.3 Å². The van der Waals surface area contributed by atoms with Crippen LogP contribution in [-0.4, -0.2) is 18.6 Å². The minimum atomic E-state index is -0.678. The Morgan fingerprint density at radius 1 is 1.41 bits per heavy atom. The van der Waals surface area contributed by atoms with Gasteiger partial charge in [-0.2, -0.15) is 0 Å². The van der Waals surface area contributed by atoms with Crippen LogP contribution in [0.5, 0.6) is 0 Å². The van der Waals surface area contributed by atoms with Crippen molar-refractivity contribution in [1.82, 2.24) is 5.32 Å². The predicted molar refractivity (Wildman–Crippen MR) is 67.2 cm³/mol. The van der Waals surface area contributed by atoms with Crippen molar-refractivity contribution in [3.63, 3.8) is 0 Å². The third kappa shape index (κ3) is 3.61. The summed E-state index contributed by atoms with van der Waals surface area (Å²) in [7, 11) is 1.50. The molecule has 0 heterocycles. The number of amides is 1. The van der Waals surface area contributed by atoms with Gasteiger partial charge in [-0.3, -0.25) is 4.79 Å². The first-order chi connectivity index (χ1) is 8.00. The number of nitrogens with one attached hydrogen (secondary N) is 1. The second-order valence-electron chi connectivity index (χ2n) is 4.29. The molecule has 0 saturated carbocycles. The van der Waals surface area contributed by atoms with E-state index in [1.807, 2.05) is 30.3 Å². The molecular formula is C14H17NO2. The molecule has 1 aromatic carbocycles. The van der Waals surface area contributed by atoms with Gasteiger partial charge in [0.1, 0.15) is 0 Å². The van der Waals surface area contributed by atoms with Gasteiger partial charge in [-0.05, 0) is 19.4 Å². The second kappa shape index (κ2) is 5.51. The van der Waals surface area contributed by atoms with Crippen LogP contribution in [0.1, 0.15) is 25.5 Å². The van der Waals surface area contributed by atoms with Crippen molar-refractivity contribution < 1.29 is 9.53 Å². The van der Waals surface area contributed by atoms with Crippen LogP contribution in [0.2, 0.25) is 0 Å². The third-order valence-electron chi connectivity index (χ3n) is 2.37. The van der Waals surface area contributed by atoms with Crippen molar-refractivity contribution in [3.05, 3.63) is 35.9 Å². The number of ether oxygens (including phenoxy) is 1. The fraction of sp³-hybridized carbons (Fsp3) is 0.357. The maximum atomic E-state index is 12.0. The first-order valence-electron chi connectivity index (χ1n) is 5.37. The Hall–Kier alpha value is -1.79. The predicted octanol–water partition coefficient (Wildman–Crippen LogP) is 1.90. The fourth-order valence-corrected chi connectivity index (χ4v) is 1.43. The largest absolute Gasteiger partial charge is 0.367 e. The molecule has 0 saturated heterocycles. The average Bonchev–Trinajstić information content (AvgIpc) is 2.31. The van der Waals surface area contributed by atoms with E-state index in [1.165, 1.54) is 7.11 Å². The van der Waals surface area contributed by atoms with E-state index in [9.17, 15) is 4.79 Å². The number of hydrogen-bond donors (Lipinski definition) is 1. The zero-order valence-corrected chi connectivity index (χ0v) is 10.4. The van der Waals surface area contributed by atoms with Gasteiger partial charge >= 0.3 is 0 Å². The first-order valence-corrected chi connectivity index (χ1v) is 5.37. The van der Waals surface area contributed by atoms with Crippen LogP contribution < -0.4 is 5.32 Å². The van der Waals surface area contributed by atoms with Gasteiger partial charge < -0.3 is 10.1 Å². The maximum absolute atomic E-state index is 12.0. The highest BCUT2D eigenvalue weighted by atomic mass is 16.5. The number of hydrogen-bond acceptors (Lipinski definition) is 2. The summed E-state index contributed by atoms with van der Waals surface area (Å²) in [6.07, 6.45) is 4.69. The Kier molecular flexibility index (Phi) is 4.30. The third-order valence-corrected chi connectivity index (χ3v) is 2.37. The van der Waals surface area contributed by atoms with E-state index in [0.29, 0.717) is 0 Å². The summed E-state index contributed by atoms with van der Waals surface area (Å²) in [4.78, 5) is 12.0. The molecule has 3 nitrogen and oxygen atoms in total. The lowest BCUT2D eigenvalue weighted by Gasteiger charge is -2.23. The molecule has 0 aromatic heterocycles. The minimum absolute atomic E-state index is 0.235. The molecule has 1 amide bonds. The van der Waals surface area contributed by atoms with Gasteiger partial charge in [-0.15, -0.1) is 6.42 Å². The van der Waals surface area contributed by atoms with Crippen LogP contribution in [0, 0.1) is 12.3 Å².